The Morgan fingerprint density at radius 2 is 1.83 bits per heavy atom. The van der Waals surface area contributed by atoms with Gasteiger partial charge in [0.15, 0.2) is 0 Å². The molecule has 0 bridgehead atoms. The van der Waals surface area contributed by atoms with E-state index in [1.807, 2.05) is 11.6 Å². The van der Waals surface area contributed by atoms with Crippen LogP contribution in [-0.2, 0) is 13.1 Å². The number of rotatable bonds is 6. The molecule has 4 heteroatoms. The third-order valence-corrected chi connectivity index (χ3v) is 4.69. The van der Waals surface area contributed by atoms with Crippen molar-refractivity contribution < 1.29 is 5.11 Å². The maximum atomic E-state index is 9.17. The summed E-state index contributed by atoms with van der Waals surface area (Å²) >= 11 is 0. The molecule has 0 amide bonds. The third-order valence-electron chi connectivity index (χ3n) is 4.69. The Balaban J connectivity index is 2.25. The van der Waals surface area contributed by atoms with Crippen molar-refractivity contribution in [3.8, 4) is 0 Å². The zero-order valence-electron chi connectivity index (χ0n) is 15.8. The fourth-order valence-electron chi connectivity index (χ4n) is 3.30. The molecule has 1 aromatic heterocycles. The van der Waals surface area contributed by atoms with Crippen molar-refractivity contribution in [2.45, 2.75) is 60.7 Å². The number of hydrogen-bond donors (Lipinski definition) is 2. The van der Waals surface area contributed by atoms with Crippen LogP contribution < -0.4 is 5.32 Å². The van der Waals surface area contributed by atoms with Crippen molar-refractivity contribution in [1.29, 1.82) is 0 Å². The van der Waals surface area contributed by atoms with Gasteiger partial charge in [-0.3, -0.25) is 4.68 Å². The van der Waals surface area contributed by atoms with Gasteiger partial charge >= 0.3 is 0 Å². The largest absolute Gasteiger partial charge is 0.394 e. The number of nitrogens with one attached hydrogen (secondary N) is 1. The van der Waals surface area contributed by atoms with Crippen LogP contribution in [0.2, 0.25) is 0 Å². The molecule has 132 valence electrons. The summed E-state index contributed by atoms with van der Waals surface area (Å²) in [6, 6.07) is 8.85. The highest BCUT2D eigenvalue weighted by molar-refractivity contribution is 5.31. The average molecular weight is 329 g/mol. The van der Waals surface area contributed by atoms with Gasteiger partial charge in [-0.25, -0.2) is 0 Å². The van der Waals surface area contributed by atoms with Crippen molar-refractivity contribution in [1.82, 2.24) is 15.1 Å². The average Bonchev–Trinajstić information content (AvgIpc) is 2.75. The van der Waals surface area contributed by atoms with Gasteiger partial charge in [0, 0.05) is 23.8 Å². The molecule has 2 N–H and O–H groups in total. The molecule has 1 aromatic carbocycles. The van der Waals surface area contributed by atoms with Crippen LogP contribution in [0.15, 0.2) is 24.3 Å². The van der Waals surface area contributed by atoms with Gasteiger partial charge in [-0.2, -0.15) is 5.10 Å². The van der Waals surface area contributed by atoms with Crippen LogP contribution in [0.4, 0.5) is 0 Å². The highest BCUT2D eigenvalue weighted by atomic mass is 16.3. The summed E-state index contributed by atoms with van der Waals surface area (Å²) in [6.07, 6.45) is 0. The molecule has 2 rings (SSSR count). The lowest BCUT2D eigenvalue weighted by molar-refractivity contribution is 0.266. The molecule has 0 saturated heterocycles. The van der Waals surface area contributed by atoms with Crippen LogP contribution in [0, 0.1) is 26.2 Å². The van der Waals surface area contributed by atoms with Crippen molar-refractivity contribution >= 4 is 0 Å². The van der Waals surface area contributed by atoms with Crippen molar-refractivity contribution in [3.63, 3.8) is 0 Å². The maximum Gasteiger partial charge on any atom is 0.0644 e. The SMILES string of the molecule is Cc1ccccc1C(NCc1c(C)nn(CCO)c1C)C(C)(C)C. The van der Waals surface area contributed by atoms with Gasteiger partial charge in [0.2, 0.25) is 0 Å². The summed E-state index contributed by atoms with van der Waals surface area (Å²) < 4.78 is 1.90. The number of aliphatic hydroxyl groups excluding tert-OH is 1. The molecule has 0 spiro atoms. The van der Waals surface area contributed by atoms with E-state index >= 15 is 0 Å². The zero-order chi connectivity index (χ0) is 17.9. The van der Waals surface area contributed by atoms with E-state index in [0.717, 1.165) is 17.9 Å². The second-order valence-electron chi connectivity index (χ2n) is 7.63. The van der Waals surface area contributed by atoms with E-state index in [2.05, 4.69) is 69.3 Å². The first-order valence-electron chi connectivity index (χ1n) is 8.68. The molecule has 0 aliphatic carbocycles. The fraction of sp³-hybridized carbons (Fsp3) is 0.550. The Morgan fingerprint density at radius 3 is 2.42 bits per heavy atom. The summed E-state index contributed by atoms with van der Waals surface area (Å²) in [5, 5.41) is 17.5. The molecule has 0 fully saturated rings. The predicted molar refractivity (Wildman–Crippen MR) is 99.0 cm³/mol. The Kier molecular flexibility index (Phi) is 5.83. The number of nitrogens with zero attached hydrogens (tertiary/aromatic N) is 2. The Labute approximate surface area is 145 Å². The van der Waals surface area contributed by atoms with E-state index in [9.17, 15) is 5.11 Å². The first-order chi connectivity index (χ1) is 11.3. The maximum absolute atomic E-state index is 9.17. The van der Waals surface area contributed by atoms with Gasteiger partial charge in [0.1, 0.15) is 0 Å². The van der Waals surface area contributed by atoms with Crippen molar-refractivity contribution in [2.75, 3.05) is 6.61 Å². The summed E-state index contributed by atoms with van der Waals surface area (Å²) in [6.45, 7) is 14.5. The molecular weight excluding hydrogens is 298 g/mol. The molecule has 0 aliphatic rings. The lowest BCUT2D eigenvalue weighted by atomic mass is 9.80. The highest BCUT2D eigenvalue weighted by Crippen LogP contribution is 2.34. The molecule has 1 heterocycles. The molecule has 2 aromatic rings. The summed E-state index contributed by atoms with van der Waals surface area (Å²) in [5.74, 6) is 0. The summed E-state index contributed by atoms with van der Waals surface area (Å²) in [5.41, 5.74) is 6.16. The Morgan fingerprint density at radius 1 is 1.17 bits per heavy atom. The van der Waals surface area contributed by atoms with E-state index in [1.54, 1.807) is 0 Å². The lowest BCUT2D eigenvalue weighted by Gasteiger charge is -2.33. The van der Waals surface area contributed by atoms with E-state index in [4.69, 9.17) is 0 Å². The number of aromatic nitrogens is 2. The minimum absolute atomic E-state index is 0.106. The topological polar surface area (TPSA) is 50.1 Å². The number of aryl methyl sites for hydroxylation is 2. The van der Waals surface area contributed by atoms with Crippen LogP contribution in [0.1, 0.15) is 54.9 Å². The number of benzene rings is 1. The number of aliphatic hydroxyl groups is 1. The second kappa shape index (κ2) is 7.49. The van der Waals surface area contributed by atoms with Gasteiger partial charge in [0.25, 0.3) is 0 Å². The first kappa shape index (κ1) is 18.7. The van der Waals surface area contributed by atoms with Crippen molar-refractivity contribution in [3.05, 3.63) is 52.3 Å². The van der Waals surface area contributed by atoms with Gasteiger partial charge in [-0.15, -0.1) is 0 Å². The highest BCUT2D eigenvalue weighted by Gasteiger charge is 2.27. The van der Waals surface area contributed by atoms with Crippen LogP contribution >= 0.6 is 0 Å². The molecule has 24 heavy (non-hydrogen) atoms. The monoisotopic (exact) mass is 329 g/mol. The molecule has 0 saturated carbocycles. The molecule has 1 unspecified atom stereocenters. The first-order valence-corrected chi connectivity index (χ1v) is 8.68. The fourth-order valence-corrected chi connectivity index (χ4v) is 3.30. The van der Waals surface area contributed by atoms with Gasteiger partial charge in [-0.05, 0) is 37.3 Å². The minimum atomic E-state index is 0.106. The second-order valence-corrected chi connectivity index (χ2v) is 7.63. The van der Waals surface area contributed by atoms with Crippen LogP contribution in [0.3, 0.4) is 0 Å². The van der Waals surface area contributed by atoms with Crippen LogP contribution in [0.5, 0.6) is 0 Å². The van der Waals surface area contributed by atoms with E-state index in [-0.39, 0.29) is 18.1 Å². The number of hydrogen-bond acceptors (Lipinski definition) is 3. The van der Waals surface area contributed by atoms with Crippen molar-refractivity contribution in [2.24, 2.45) is 5.41 Å². The van der Waals surface area contributed by atoms with Crippen LogP contribution in [-0.4, -0.2) is 21.5 Å². The van der Waals surface area contributed by atoms with Crippen LogP contribution in [0.25, 0.3) is 0 Å². The van der Waals surface area contributed by atoms with Gasteiger partial charge in [-0.1, -0.05) is 45.0 Å². The minimum Gasteiger partial charge on any atom is -0.394 e. The Hall–Kier alpha value is -1.65. The summed E-state index contributed by atoms with van der Waals surface area (Å²) in [4.78, 5) is 0. The quantitative estimate of drug-likeness (QED) is 0.850. The van der Waals surface area contributed by atoms with E-state index in [0.29, 0.717) is 6.54 Å². The Bertz CT molecular complexity index is 683. The molecular formula is C20H31N3O. The summed E-state index contributed by atoms with van der Waals surface area (Å²) in [7, 11) is 0. The standard InChI is InChI=1S/C20H31N3O/c1-14-9-7-8-10-17(14)19(20(4,5)6)21-13-18-15(2)22-23(11-12-24)16(18)3/h7-10,19,21,24H,11-13H2,1-6H3. The smallest absolute Gasteiger partial charge is 0.0644 e. The molecule has 0 aliphatic heterocycles. The normalized spacial score (nSPS) is 13.3. The van der Waals surface area contributed by atoms with Gasteiger partial charge < -0.3 is 10.4 Å². The van der Waals surface area contributed by atoms with E-state index in [1.165, 1.54) is 16.7 Å². The van der Waals surface area contributed by atoms with Gasteiger partial charge in [0.05, 0.1) is 18.8 Å². The zero-order valence-corrected chi connectivity index (χ0v) is 15.8. The molecule has 0 radical (unpaired) electrons. The predicted octanol–water partition coefficient (Wildman–Crippen LogP) is 3.68. The molecule has 4 nitrogen and oxygen atoms in total. The van der Waals surface area contributed by atoms with E-state index < -0.39 is 0 Å². The molecule has 1 atom stereocenters. The lowest BCUT2D eigenvalue weighted by Crippen LogP contribution is -2.32. The third kappa shape index (κ3) is 4.05.